The monoisotopic (exact) mass is 540 g/mol. The van der Waals surface area contributed by atoms with Crippen molar-refractivity contribution < 1.29 is 14.3 Å². The zero-order chi connectivity index (χ0) is 24.9. The van der Waals surface area contributed by atoms with Crippen LogP contribution < -0.4 is 20.1 Å². The maximum absolute atomic E-state index is 13.6. The minimum Gasteiger partial charge on any atom is -0.490 e. The number of hydrogen-bond donors (Lipinski definition) is 2. The van der Waals surface area contributed by atoms with Gasteiger partial charge in [0.1, 0.15) is 6.04 Å². The molecule has 0 fully saturated rings. The number of amides is 1. The quantitative estimate of drug-likeness (QED) is 0.357. The van der Waals surface area contributed by atoms with Gasteiger partial charge >= 0.3 is 0 Å². The summed E-state index contributed by atoms with van der Waals surface area (Å²) >= 11 is 3.65. The average Bonchev–Trinajstić information content (AvgIpc) is 3.28. The van der Waals surface area contributed by atoms with Gasteiger partial charge in [-0.05, 0) is 88.9 Å². The lowest BCUT2D eigenvalue weighted by atomic mass is 9.94. The van der Waals surface area contributed by atoms with E-state index in [1.165, 1.54) is 0 Å². The van der Waals surface area contributed by atoms with Crippen LogP contribution in [0.25, 0.3) is 0 Å². The van der Waals surface area contributed by atoms with Crippen LogP contribution in [0.5, 0.6) is 11.5 Å². The Labute approximate surface area is 213 Å². The molecule has 0 bridgehead atoms. The third-order valence-corrected chi connectivity index (χ3v) is 6.22. The Kier molecular flexibility index (Phi) is 7.70. The van der Waals surface area contributed by atoms with Gasteiger partial charge in [0, 0.05) is 11.4 Å². The molecule has 2 N–H and O–H groups in total. The molecule has 1 aromatic heterocycles. The molecule has 1 aliphatic heterocycles. The van der Waals surface area contributed by atoms with Crippen LogP contribution >= 0.6 is 15.9 Å². The minimum atomic E-state index is -0.578. The van der Waals surface area contributed by atoms with E-state index in [9.17, 15) is 4.79 Å². The summed E-state index contributed by atoms with van der Waals surface area (Å²) in [5, 5.41) is 18.3. The Morgan fingerprint density at radius 3 is 2.77 bits per heavy atom. The molecule has 1 atom stereocenters. The number of carbonyl (C=O) groups is 1. The third-order valence-electron chi connectivity index (χ3n) is 5.63. The molecule has 0 aliphatic carbocycles. The van der Waals surface area contributed by atoms with E-state index in [2.05, 4.69) is 49.0 Å². The van der Waals surface area contributed by atoms with Crippen molar-refractivity contribution in [3.63, 3.8) is 0 Å². The Hall–Kier alpha value is -3.40. The van der Waals surface area contributed by atoms with Crippen molar-refractivity contribution in [1.82, 2.24) is 20.2 Å². The first kappa shape index (κ1) is 24.7. The van der Waals surface area contributed by atoms with Crippen molar-refractivity contribution >= 4 is 33.5 Å². The molecule has 9 nitrogen and oxygen atoms in total. The molecular formula is C25H29BrN6O3. The molecule has 4 rings (SSSR count). The minimum absolute atomic E-state index is 0.246. The lowest BCUT2D eigenvalue weighted by molar-refractivity contribution is -0.113. The normalized spacial score (nSPS) is 14.8. The molecule has 0 spiro atoms. The number of allylic oxidation sites excluding steroid dienone is 1. The van der Waals surface area contributed by atoms with Crippen LogP contribution in [0, 0.1) is 6.92 Å². The van der Waals surface area contributed by atoms with Gasteiger partial charge in [0.05, 0.1) is 23.3 Å². The van der Waals surface area contributed by atoms with Crippen LogP contribution in [-0.4, -0.2) is 39.3 Å². The molecule has 2 heterocycles. The van der Waals surface area contributed by atoms with Gasteiger partial charge in [0.2, 0.25) is 5.95 Å². The van der Waals surface area contributed by atoms with E-state index in [1.807, 2.05) is 57.2 Å². The Bertz CT molecular complexity index is 1260. The van der Waals surface area contributed by atoms with Gasteiger partial charge in [-0.25, -0.2) is 0 Å². The molecule has 0 saturated heterocycles. The number of tetrazole rings is 1. The van der Waals surface area contributed by atoms with E-state index in [0.717, 1.165) is 28.4 Å². The Morgan fingerprint density at radius 1 is 1.20 bits per heavy atom. The zero-order valence-corrected chi connectivity index (χ0v) is 21.8. The highest BCUT2D eigenvalue weighted by molar-refractivity contribution is 9.10. The molecule has 10 heteroatoms. The number of hydrogen-bond acceptors (Lipinski definition) is 7. The number of nitrogens with one attached hydrogen (secondary N) is 2. The first-order valence-electron chi connectivity index (χ1n) is 11.7. The lowest BCUT2D eigenvalue weighted by Crippen LogP contribution is -2.31. The molecule has 0 radical (unpaired) electrons. The van der Waals surface area contributed by atoms with Crippen LogP contribution in [-0.2, 0) is 4.79 Å². The van der Waals surface area contributed by atoms with Crippen molar-refractivity contribution in [2.24, 2.45) is 0 Å². The number of unbranched alkanes of at least 4 members (excludes halogenated alkanes) is 1. The van der Waals surface area contributed by atoms with E-state index >= 15 is 0 Å². The zero-order valence-electron chi connectivity index (χ0n) is 20.3. The number of aryl methyl sites for hydroxylation is 1. The second kappa shape index (κ2) is 10.9. The summed E-state index contributed by atoms with van der Waals surface area (Å²) in [4.78, 5) is 13.6. The van der Waals surface area contributed by atoms with E-state index in [1.54, 1.807) is 4.68 Å². The average molecular weight is 541 g/mol. The summed E-state index contributed by atoms with van der Waals surface area (Å²) < 4.78 is 14.3. The van der Waals surface area contributed by atoms with Crippen molar-refractivity contribution in [2.75, 3.05) is 23.8 Å². The predicted molar refractivity (Wildman–Crippen MR) is 138 cm³/mol. The Morgan fingerprint density at radius 2 is 2.03 bits per heavy atom. The Balaban J connectivity index is 1.77. The third kappa shape index (κ3) is 5.32. The van der Waals surface area contributed by atoms with Gasteiger partial charge in [0.25, 0.3) is 5.91 Å². The van der Waals surface area contributed by atoms with Crippen LogP contribution in [0.4, 0.5) is 11.6 Å². The van der Waals surface area contributed by atoms with E-state index in [4.69, 9.17) is 9.47 Å². The number of carbonyl (C=O) groups excluding carboxylic acids is 1. The second-order valence-electron chi connectivity index (χ2n) is 8.30. The summed E-state index contributed by atoms with van der Waals surface area (Å²) in [6.07, 6.45) is 1.97. The van der Waals surface area contributed by atoms with Gasteiger partial charge in [-0.3, -0.25) is 4.79 Å². The molecule has 35 heavy (non-hydrogen) atoms. The second-order valence-corrected chi connectivity index (χ2v) is 9.16. The molecule has 1 amide bonds. The van der Waals surface area contributed by atoms with Crippen LogP contribution in [0.2, 0.25) is 0 Å². The fourth-order valence-electron chi connectivity index (χ4n) is 4.00. The maximum atomic E-state index is 13.6. The molecular weight excluding hydrogens is 512 g/mol. The van der Waals surface area contributed by atoms with E-state index < -0.39 is 6.04 Å². The largest absolute Gasteiger partial charge is 0.490 e. The summed E-state index contributed by atoms with van der Waals surface area (Å²) in [5.74, 6) is 1.44. The first-order chi connectivity index (χ1) is 16.9. The molecule has 3 aromatic rings. The molecule has 0 saturated carbocycles. The summed E-state index contributed by atoms with van der Waals surface area (Å²) in [7, 11) is 0. The standard InChI is InChI=1S/C25H29BrN6O3/c1-5-7-11-35-23-19(26)13-17(14-20(23)34-6-2)22-21(16(4)27-25-29-30-31-32(22)25)24(33)28-18-10-8-9-15(3)12-18/h8-10,12-14,22H,5-7,11H2,1-4H3,(H,28,33)(H,27,29,31). The van der Waals surface area contributed by atoms with Crippen molar-refractivity contribution in [3.8, 4) is 11.5 Å². The molecule has 1 aliphatic rings. The van der Waals surface area contributed by atoms with Gasteiger partial charge < -0.3 is 20.1 Å². The van der Waals surface area contributed by atoms with Gasteiger partial charge in [-0.1, -0.05) is 30.6 Å². The number of benzene rings is 2. The van der Waals surface area contributed by atoms with Gasteiger partial charge in [-0.15, -0.1) is 0 Å². The number of ether oxygens (including phenoxy) is 2. The van der Waals surface area contributed by atoms with Crippen LogP contribution in [0.15, 0.2) is 52.1 Å². The number of fused-ring (bicyclic) bond motifs is 1. The predicted octanol–water partition coefficient (Wildman–Crippen LogP) is 5.25. The summed E-state index contributed by atoms with van der Waals surface area (Å²) in [6, 6.07) is 10.9. The maximum Gasteiger partial charge on any atom is 0.255 e. The van der Waals surface area contributed by atoms with Crippen molar-refractivity contribution in [3.05, 3.63) is 63.3 Å². The first-order valence-corrected chi connectivity index (χ1v) is 12.4. The highest BCUT2D eigenvalue weighted by Gasteiger charge is 2.35. The number of aromatic nitrogens is 4. The highest BCUT2D eigenvalue weighted by atomic mass is 79.9. The summed E-state index contributed by atoms with van der Waals surface area (Å²) in [6.45, 7) is 8.92. The fourth-order valence-corrected chi connectivity index (χ4v) is 4.58. The smallest absolute Gasteiger partial charge is 0.255 e. The van der Waals surface area contributed by atoms with Crippen LogP contribution in [0.3, 0.4) is 0 Å². The van der Waals surface area contributed by atoms with Crippen molar-refractivity contribution in [2.45, 2.75) is 46.6 Å². The van der Waals surface area contributed by atoms with Crippen LogP contribution in [0.1, 0.15) is 50.8 Å². The highest BCUT2D eigenvalue weighted by Crippen LogP contribution is 2.42. The van der Waals surface area contributed by atoms with Crippen molar-refractivity contribution in [1.29, 1.82) is 0 Å². The lowest BCUT2D eigenvalue weighted by Gasteiger charge is -2.28. The SMILES string of the molecule is CCCCOc1c(Br)cc(C2C(C(=O)Nc3cccc(C)c3)=C(C)Nc3nnnn32)cc1OCC. The fraction of sp³-hybridized carbons (Fsp3) is 0.360. The van der Waals surface area contributed by atoms with E-state index in [-0.39, 0.29) is 5.91 Å². The summed E-state index contributed by atoms with van der Waals surface area (Å²) in [5.41, 5.74) is 3.72. The number of anilines is 2. The van der Waals surface area contributed by atoms with E-state index in [0.29, 0.717) is 47.6 Å². The number of halogens is 1. The topological polar surface area (TPSA) is 103 Å². The number of nitrogens with zero attached hydrogens (tertiary/aromatic N) is 4. The molecule has 184 valence electrons. The molecule has 2 aromatic carbocycles. The van der Waals surface area contributed by atoms with Gasteiger partial charge in [-0.2, -0.15) is 4.68 Å². The van der Waals surface area contributed by atoms with Gasteiger partial charge in [0.15, 0.2) is 11.5 Å². The number of rotatable bonds is 9. The molecule has 1 unspecified atom stereocenters.